The van der Waals surface area contributed by atoms with Crippen LogP contribution >= 0.6 is 11.3 Å². The number of hydrogen-bond donors (Lipinski definition) is 1. The average molecular weight is 274 g/mol. The molecule has 0 aliphatic rings. The molecule has 0 fully saturated rings. The number of nitrogens with one attached hydrogen (secondary N) is 1. The third-order valence-electron chi connectivity index (χ3n) is 2.96. The van der Waals surface area contributed by atoms with E-state index in [1.807, 2.05) is 67.7 Å². The summed E-state index contributed by atoms with van der Waals surface area (Å²) in [7, 11) is 3.96. The number of benzene rings is 1. The predicted octanol–water partition coefficient (Wildman–Crippen LogP) is 3.31. The lowest BCUT2D eigenvalue weighted by molar-refractivity contribution is 0.0940. The van der Waals surface area contributed by atoms with Crippen LogP contribution in [0.15, 0.2) is 41.8 Å². The summed E-state index contributed by atoms with van der Waals surface area (Å²) in [4.78, 5) is 15.3. The van der Waals surface area contributed by atoms with Gasteiger partial charge in [0.1, 0.15) is 0 Å². The highest BCUT2D eigenvalue weighted by Crippen LogP contribution is 2.19. The van der Waals surface area contributed by atoms with E-state index in [4.69, 9.17) is 0 Å². The predicted molar refractivity (Wildman–Crippen MR) is 81.0 cm³/mol. The van der Waals surface area contributed by atoms with Crippen LogP contribution in [0.2, 0.25) is 0 Å². The molecule has 0 aliphatic carbocycles. The molecule has 100 valence electrons. The number of hydrogen-bond acceptors (Lipinski definition) is 3. The monoisotopic (exact) mass is 274 g/mol. The number of thiophene rings is 1. The molecule has 1 N–H and O–H groups in total. The van der Waals surface area contributed by atoms with Gasteiger partial charge in [0.15, 0.2) is 0 Å². The van der Waals surface area contributed by atoms with Gasteiger partial charge in [-0.2, -0.15) is 0 Å². The van der Waals surface area contributed by atoms with Crippen LogP contribution in [0.3, 0.4) is 0 Å². The van der Waals surface area contributed by atoms with Crippen molar-refractivity contribution in [2.45, 2.75) is 13.0 Å². The Labute approximate surface area is 117 Å². The molecule has 0 saturated heterocycles. The first-order valence-electron chi connectivity index (χ1n) is 6.19. The van der Waals surface area contributed by atoms with Gasteiger partial charge in [-0.05, 0) is 42.6 Å². The summed E-state index contributed by atoms with van der Waals surface area (Å²) in [5.74, 6) is -0.0359. The maximum atomic E-state index is 12.1. The molecule has 0 aliphatic heterocycles. The first-order valence-corrected chi connectivity index (χ1v) is 7.07. The molecule has 19 heavy (non-hydrogen) atoms. The van der Waals surface area contributed by atoms with Gasteiger partial charge in [0.2, 0.25) is 0 Å². The van der Waals surface area contributed by atoms with Crippen molar-refractivity contribution >= 4 is 22.9 Å². The van der Waals surface area contributed by atoms with Crippen LogP contribution in [0, 0.1) is 0 Å². The Balaban J connectivity index is 2.03. The average Bonchev–Trinajstić information content (AvgIpc) is 2.92. The van der Waals surface area contributed by atoms with Crippen molar-refractivity contribution < 1.29 is 4.79 Å². The number of anilines is 1. The van der Waals surface area contributed by atoms with E-state index in [9.17, 15) is 4.79 Å². The van der Waals surface area contributed by atoms with Gasteiger partial charge in [-0.3, -0.25) is 4.79 Å². The highest BCUT2D eigenvalue weighted by Gasteiger charge is 2.12. The Morgan fingerprint density at radius 3 is 2.42 bits per heavy atom. The van der Waals surface area contributed by atoms with Crippen LogP contribution in [0.5, 0.6) is 0 Å². The lowest BCUT2D eigenvalue weighted by atomic mass is 10.1. The molecule has 4 heteroatoms. The molecule has 1 unspecified atom stereocenters. The molecule has 2 rings (SSSR count). The maximum Gasteiger partial charge on any atom is 0.251 e. The Morgan fingerprint density at radius 2 is 1.89 bits per heavy atom. The summed E-state index contributed by atoms with van der Waals surface area (Å²) in [5, 5.41) is 5.02. The summed E-state index contributed by atoms with van der Waals surface area (Å²) in [6.07, 6.45) is 0. The van der Waals surface area contributed by atoms with Gasteiger partial charge in [0, 0.05) is 30.2 Å². The molecule has 2 aromatic rings. The van der Waals surface area contributed by atoms with Gasteiger partial charge in [-0.15, -0.1) is 11.3 Å². The molecular formula is C15H18N2OS. The summed E-state index contributed by atoms with van der Waals surface area (Å²) < 4.78 is 0. The fraction of sp³-hybridized carbons (Fsp3) is 0.267. The van der Waals surface area contributed by atoms with E-state index in [-0.39, 0.29) is 11.9 Å². The van der Waals surface area contributed by atoms with Gasteiger partial charge >= 0.3 is 0 Å². The van der Waals surface area contributed by atoms with Gasteiger partial charge in [-0.1, -0.05) is 6.07 Å². The third kappa shape index (κ3) is 3.35. The second kappa shape index (κ2) is 5.89. The third-order valence-corrected chi connectivity index (χ3v) is 4.02. The summed E-state index contributed by atoms with van der Waals surface area (Å²) in [6, 6.07) is 11.7. The van der Waals surface area contributed by atoms with Crippen LogP contribution in [0.25, 0.3) is 0 Å². The van der Waals surface area contributed by atoms with Crippen LogP contribution in [0.1, 0.15) is 28.2 Å². The highest BCUT2D eigenvalue weighted by atomic mass is 32.1. The molecule has 0 bridgehead atoms. The number of carbonyl (C=O) groups is 1. The molecule has 1 amide bonds. The fourth-order valence-corrected chi connectivity index (χ4v) is 2.53. The SMILES string of the molecule is CC(NC(=O)c1ccc(N(C)C)cc1)c1cccs1. The fourth-order valence-electron chi connectivity index (χ4n) is 1.80. The minimum atomic E-state index is -0.0359. The van der Waals surface area contributed by atoms with Gasteiger partial charge in [0.05, 0.1) is 6.04 Å². The number of nitrogens with zero attached hydrogens (tertiary/aromatic N) is 1. The zero-order valence-electron chi connectivity index (χ0n) is 11.4. The molecule has 1 heterocycles. The van der Waals surface area contributed by atoms with E-state index in [2.05, 4.69) is 5.32 Å². The van der Waals surface area contributed by atoms with E-state index in [1.165, 1.54) is 4.88 Å². The van der Waals surface area contributed by atoms with E-state index >= 15 is 0 Å². The van der Waals surface area contributed by atoms with Crippen LogP contribution < -0.4 is 10.2 Å². The van der Waals surface area contributed by atoms with Crippen molar-refractivity contribution in [2.75, 3.05) is 19.0 Å². The minimum Gasteiger partial charge on any atom is -0.378 e. The highest BCUT2D eigenvalue weighted by molar-refractivity contribution is 7.10. The van der Waals surface area contributed by atoms with Gasteiger partial charge in [0.25, 0.3) is 5.91 Å². The molecule has 0 radical (unpaired) electrons. The molecule has 1 aromatic heterocycles. The van der Waals surface area contributed by atoms with Crippen LogP contribution in [-0.4, -0.2) is 20.0 Å². The molecule has 0 spiro atoms. The van der Waals surface area contributed by atoms with Crippen LogP contribution in [-0.2, 0) is 0 Å². The van der Waals surface area contributed by atoms with Crippen molar-refractivity contribution in [2.24, 2.45) is 0 Å². The number of carbonyl (C=O) groups excluding carboxylic acids is 1. The van der Waals surface area contributed by atoms with Crippen molar-refractivity contribution in [3.8, 4) is 0 Å². The van der Waals surface area contributed by atoms with E-state index in [0.29, 0.717) is 5.56 Å². The standard InChI is InChI=1S/C15H18N2OS/c1-11(14-5-4-10-19-14)16-15(18)12-6-8-13(9-7-12)17(2)3/h4-11H,1-3H3,(H,16,18). The van der Waals surface area contributed by atoms with Crippen molar-refractivity contribution in [1.29, 1.82) is 0 Å². The lowest BCUT2D eigenvalue weighted by Crippen LogP contribution is -2.26. The molecule has 1 aromatic carbocycles. The van der Waals surface area contributed by atoms with E-state index in [0.717, 1.165) is 5.69 Å². The van der Waals surface area contributed by atoms with Crippen molar-refractivity contribution in [3.63, 3.8) is 0 Å². The second-order valence-corrected chi connectivity index (χ2v) is 5.63. The minimum absolute atomic E-state index is 0.0359. The summed E-state index contributed by atoms with van der Waals surface area (Å²) >= 11 is 1.65. The van der Waals surface area contributed by atoms with Crippen molar-refractivity contribution in [1.82, 2.24) is 5.32 Å². The Morgan fingerprint density at radius 1 is 1.21 bits per heavy atom. The second-order valence-electron chi connectivity index (χ2n) is 4.65. The first kappa shape index (κ1) is 13.6. The largest absolute Gasteiger partial charge is 0.378 e. The van der Waals surface area contributed by atoms with Crippen molar-refractivity contribution in [3.05, 3.63) is 52.2 Å². The zero-order chi connectivity index (χ0) is 13.8. The number of rotatable bonds is 4. The van der Waals surface area contributed by atoms with Gasteiger partial charge in [-0.25, -0.2) is 0 Å². The smallest absolute Gasteiger partial charge is 0.251 e. The van der Waals surface area contributed by atoms with E-state index in [1.54, 1.807) is 11.3 Å². The first-order chi connectivity index (χ1) is 9.08. The normalized spacial score (nSPS) is 11.9. The molecular weight excluding hydrogens is 256 g/mol. The molecule has 3 nitrogen and oxygen atoms in total. The molecule has 0 saturated carbocycles. The Bertz CT molecular complexity index is 532. The summed E-state index contributed by atoms with van der Waals surface area (Å²) in [6.45, 7) is 2.00. The molecule has 1 atom stereocenters. The quantitative estimate of drug-likeness (QED) is 0.927. The number of amides is 1. The zero-order valence-corrected chi connectivity index (χ0v) is 12.2. The topological polar surface area (TPSA) is 32.3 Å². The lowest BCUT2D eigenvalue weighted by Gasteiger charge is -2.14. The van der Waals surface area contributed by atoms with Gasteiger partial charge < -0.3 is 10.2 Å². The van der Waals surface area contributed by atoms with Crippen LogP contribution in [0.4, 0.5) is 5.69 Å². The Hall–Kier alpha value is -1.81. The Kier molecular flexibility index (Phi) is 4.22. The van der Waals surface area contributed by atoms with E-state index < -0.39 is 0 Å². The maximum absolute atomic E-state index is 12.1. The summed E-state index contributed by atoms with van der Waals surface area (Å²) in [5.41, 5.74) is 1.77.